The molecule has 6 rings (SSSR count). The molecule has 3 atom stereocenters. The van der Waals surface area contributed by atoms with Crippen LogP contribution in [0.25, 0.3) is 16.6 Å². The molecule has 1 saturated heterocycles. The molecule has 1 aliphatic carbocycles. The summed E-state index contributed by atoms with van der Waals surface area (Å²) in [6.45, 7) is 9.94. The van der Waals surface area contributed by atoms with Crippen molar-refractivity contribution >= 4 is 16.8 Å². The van der Waals surface area contributed by atoms with Gasteiger partial charge >= 0.3 is 0 Å². The van der Waals surface area contributed by atoms with E-state index < -0.39 is 0 Å². The van der Waals surface area contributed by atoms with E-state index in [1.165, 1.54) is 23.3 Å². The molecule has 2 fully saturated rings. The highest BCUT2D eigenvalue weighted by Crippen LogP contribution is 2.67. The van der Waals surface area contributed by atoms with Crippen LogP contribution in [0.2, 0.25) is 0 Å². The highest BCUT2D eigenvalue weighted by Gasteiger charge is 2.71. The molecular formula is C31H28FN3O. The van der Waals surface area contributed by atoms with Crippen LogP contribution in [-0.4, -0.2) is 33.7 Å². The number of halogens is 1. The van der Waals surface area contributed by atoms with Gasteiger partial charge in [-0.25, -0.2) is 9.07 Å². The molecule has 4 aromatic rings. The standard InChI is InChI=1S/C31H28FN3O/c1-4-8-20(2)29-27-18-34(30(36)22-9-6-5-7-10-22)19-31(27,29)26-16-23-17-33-35(28(23)15-21(26)3)25-13-11-24(32)12-14-25/h4-17,27,29H,2,18-19H2,1,3H3/b8-4-/t27-,29-,31+/m1/s1. The second-order valence-electron chi connectivity index (χ2n) is 10.0. The normalized spacial score (nSPS) is 22.8. The molecule has 5 heteroatoms. The van der Waals surface area contributed by atoms with E-state index >= 15 is 0 Å². The van der Waals surface area contributed by atoms with E-state index in [1.807, 2.05) is 59.1 Å². The molecule has 1 amide bonds. The van der Waals surface area contributed by atoms with Crippen LogP contribution in [0.15, 0.2) is 97.2 Å². The van der Waals surface area contributed by atoms with Crippen molar-refractivity contribution in [2.75, 3.05) is 13.1 Å². The van der Waals surface area contributed by atoms with Crippen molar-refractivity contribution in [1.29, 1.82) is 0 Å². The molecule has 0 bridgehead atoms. The Hall–Kier alpha value is -3.99. The molecule has 36 heavy (non-hydrogen) atoms. The Kier molecular flexibility index (Phi) is 5.18. The van der Waals surface area contributed by atoms with Crippen LogP contribution in [0, 0.1) is 24.6 Å². The number of fused-ring (bicyclic) bond motifs is 2. The van der Waals surface area contributed by atoms with Crippen LogP contribution in [0.3, 0.4) is 0 Å². The van der Waals surface area contributed by atoms with E-state index in [4.69, 9.17) is 0 Å². The quantitative estimate of drug-likeness (QED) is 0.319. The van der Waals surface area contributed by atoms with E-state index in [1.54, 1.807) is 12.1 Å². The molecule has 2 aliphatic rings. The van der Waals surface area contributed by atoms with Gasteiger partial charge in [-0.2, -0.15) is 5.10 Å². The number of amides is 1. The number of hydrogen-bond acceptors (Lipinski definition) is 2. The number of carbonyl (C=O) groups is 1. The number of aromatic nitrogens is 2. The van der Waals surface area contributed by atoms with Gasteiger partial charge in [-0.15, -0.1) is 0 Å². The van der Waals surface area contributed by atoms with Gasteiger partial charge in [0, 0.05) is 35.4 Å². The average Bonchev–Trinajstić information content (AvgIpc) is 3.15. The Morgan fingerprint density at radius 3 is 2.61 bits per heavy atom. The summed E-state index contributed by atoms with van der Waals surface area (Å²) in [6.07, 6.45) is 6.02. The molecule has 4 nitrogen and oxygen atoms in total. The molecule has 0 spiro atoms. The number of carbonyl (C=O) groups excluding carboxylic acids is 1. The minimum absolute atomic E-state index is 0.0837. The summed E-state index contributed by atoms with van der Waals surface area (Å²) in [5.41, 5.74) is 5.92. The third-order valence-corrected chi connectivity index (χ3v) is 7.95. The first kappa shape index (κ1) is 22.5. The highest BCUT2D eigenvalue weighted by atomic mass is 19.1. The Morgan fingerprint density at radius 1 is 1.14 bits per heavy atom. The van der Waals surface area contributed by atoms with Gasteiger partial charge in [0.15, 0.2) is 0 Å². The minimum atomic E-state index is -0.268. The zero-order valence-electron chi connectivity index (χ0n) is 20.5. The lowest BCUT2D eigenvalue weighted by atomic mass is 9.86. The van der Waals surface area contributed by atoms with E-state index in [2.05, 4.69) is 36.8 Å². The van der Waals surface area contributed by atoms with E-state index in [9.17, 15) is 9.18 Å². The first-order valence-corrected chi connectivity index (χ1v) is 12.3. The molecule has 0 N–H and O–H groups in total. The third kappa shape index (κ3) is 3.34. The number of benzene rings is 3. The number of aryl methyl sites for hydroxylation is 1. The summed E-state index contributed by atoms with van der Waals surface area (Å²) in [6, 6.07) is 20.3. The number of nitrogens with zero attached hydrogens (tertiary/aromatic N) is 3. The average molecular weight is 478 g/mol. The van der Waals surface area contributed by atoms with Crippen LogP contribution in [0.4, 0.5) is 4.39 Å². The van der Waals surface area contributed by atoms with E-state index in [0.29, 0.717) is 18.4 Å². The molecule has 180 valence electrons. The van der Waals surface area contributed by atoms with Crippen LogP contribution >= 0.6 is 0 Å². The maximum Gasteiger partial charge on any atom is 0.253 e. The number of rotatable bonds is 5. The number of hydrogen-bond donors (Lipinski definition) is 0. The fourth-order valence-corrected chi connectivity index (χ4v) is 6.37. The van der Waals surface area contributed by atoms with Gasteiger partial charge in [0.1, 0.15) is 5.82 Å². The Bertz CT molecular complexity index is 1520. The van der Waals surface area contributed by atoms with Crippen LogP contribution < -0.4 is 0 Å². The van der Waals surface area contributed by atoms with Gasteiger partial charge < -0.3 is 4.90 Å². The number of allylic oxidation sites excluding steroid dienone is 3. The van der Waals surface area contributed by atoms with Crippen molar-refractivity contribution in [1.82, 2.24) is 14.7 Å². The van der Waals surface area contributed by atoms with Gasteiger partial charge in [0.2, 0.25) is 0 Å². The van der Waals surface area contributed by atoms with E-state index in [0.717, 1.165) is 34.3 Å². The highest BCUT2D eigenvalue weighted by molar-refractivity contribution is 5.95. The molecule has 1 aromatic heterocycles. The molecular weight excluding hydrogens is 449 g/mol. The SMILES string of the molecule is C=C(/C=C\C)[C@@H]1[C@H]2CN(C(=O)c3ccccc3)C[C@]21c1cc2cnn(-c3ccc(F)cc3)c2cc1C. The van der Waals surface area contributed by atoms with Gasteiger partial charge in [-0.1, -0.05) is 42.5 Å². The lowest BCUT2D eigenvalue weighted by Crippen LogP contribution is -2.35. The first-order valence-electron chi connectivity index (χ1n) is 12.3. The van der Waals surface area contributed by atoms with Gasteiger partial charge in [-0.05, 0) is 79.4 Å². The maximum absolute atomic E-state index is 13.5. The van der Waals surface area contributed by atoms with Crippen LogP contribution in [-0.2, 0) is 5.41 Å². The molecule has 0 radical (unpaired) electrons. The van der Waals surface area contributed by atoms with Crippen molar-refractivity contribution in [2.45, 2.75) is 19.3 Å². The predicted octanol–water partition coefficient (Wildman–Crippen LogP) is 6.25. The second kappa shape index (κ2) is 8.30. The predicted molar refractivity (Wildman–Crippen MR) is 141 cm³/mol. The van der Waals surface area contributed by atoms with Crippen molar-refractivity contribution in [2.24, 2.45) is 11.8 Å². The molecule has 0 unspecified atom stereocenters. The summed E-state index contributed by atoms with van der Waals surface area (Å²) in [4.78, 5) is 15.3. The lowest BCUT2D eigenvalue weighted by Gasteiger charge is -2.26. The smallest absolute Gasteiger partial charge is 0.253 e. The lowest BCUT2D eigenvalue weighted by molar-refractivity contribution is 0.0766. The maximum atomic E-state index is 13.5. The zero-order valence-corrected chi connectivity index (χ0v) is 20.5. The number of likely N-dealkylation sites (tertiary alicyclic amines) is 1. The number of piperidine rings is 1. The van der Waals surface area contributed by atoms with Gasteiger partial charge in [-0.3, -0.25) is 4.79 Å². The summed E-state index contributed by atoms with van der Waals surface area (Å²) in [7, 11) is 0. The Morgan fingerprint density at radius 2 is 1.89 bits per heavy atom. The molecule has 2 heterocycles. The summed E-state index contributed by atoms with van der Waals surface area (Å²) >= 11 is 0. The summed E-state index contributed by atoms with van der Waals surface area (Å²) in [5, 5.41) is 5.64. The van der Waals surface area contributed by atoms with Gasteiger partial charge in [0.25, 0.3) is 5.91 Å². The fourth-order valence-electron chi connectivity index (χ4n) is 6.37. The monoisotopic (exact) mass is 477 g/mol. The van der Waals surface area contributed by atoms with Gasteiger partial charge in [0.05, 0.1) is 17.4 Å². The van der Waals surface area contributed by atoms with Crippen molar-refractivity contribution in [3.05, 3.63) is 120 Å². The molecule has 1 saturated carbocycles. The van der Waals surface area contributed by atoms with Crippen molar-refractivity contribution in [3.8, 4) is 5.69 Å². The first-order chi connectivity index (χ1) is 17.4. The van der Waals surface area contributed by atoms with E-state index in [-0.39, 0.29) is 17.1 Å². The van der Waals surface area contributed by atoms with Crippen molar-refractivity contribution in [3.63, 3.8) is 0 Å². The minimum Gasteiger partial charge on any atom is -0.337 e. The van der Waals surface area contributed by atoms with Crippen LogP contribution in [0.1, 0.15) is 28.4 Å². The summed E-state index contributed by atoms with van der Waals surface area (Å²) in [5.74, 6) is 0.449. The topological polar surface area (TPSA) is 38.1 Å². The Balaban J connectivity index is 1.41. The third-order valence-electron chi connectivity index (χ3n) is 7.95. The Labute approximate surface area is 210 Å². The zero-order chi connectivity index (χ0) is 25.0. The van der Waals surface area contributed by atoms with Crippen LogP contribution in [0.5, 0.6) is 0 Å². The second-order valence-corrected chi connectivity index (χ2v) is 10.0. The largest absolute Gasteiger partial charge is 0.337 e. The summed E-state index contributed by atoms with van der Waals surface area (Å²) < 4.78 is 15.3. The molecule has 1 aliphatic heterocycles. The van der Waals surface area contributed by atoms with Crippen molar-refractivity contribution < 1.29 is 9.18 Å². The fraction of sp³-hybridized carbons (Fsp3) is 0.226. The molecule has 3 aromatic carbocycles.